The number of carbonyl (C=O) groups excluding carboxylic acids is 2. The Balaban J connectivity index is 1.76. The maximum absolute atomic E-state index is 12.3. The number of benzene rings is 1. The van der Waals surface area contributed by atoms with Crippen LogP contribution in [0.5, 0.6) is 0 Å². The largest absolute Gasteiger partial charge is 0.352 e. The van der Waals surface area contributed by atoms with Crippen molar-refractivity contribution in [2.45, 2.75) is 46.6 Å². The maximum Gasteiger partial charge on any atom is 0.223 e. The van der Waals surface area contributed by atoms with Crippen molar-refractivity contribution < 1.29 is 9.59 Å². The van der Waals surface area contributed by atoms with Crippen molar-refractivity contribution in [3.05, 3.63) is 35.4 Å². The monoisotopic (exact) mass is 316 g/mol. The number of rotatable bonds is 5. The van der Waals surface area contributed by atoms with Crippen LogP contribution in [0.4, 0.5) is 0 Å². The van der Waals surface area contributed by atoms with Gasteiger partial charge in [0.2, 0.25) is 11.8 Å². The summed E-state index contributed by atoms with van der Waals surface area (Å²) >= 11 is 0. The number of nitrogens with zero attached hydrogens (tertiary/aromatic N) is 1. The van der Waals surface area contributed by atoms with Crippen LogP contribution < -0.4 is 5.32 Å². The van der Waals surface area contributed by atoms with Gasteiger partial charge in [0.25, 0.3) is 0 Å². The van der Waals surface area contributed by atoms with E-state index in [0.29, 0.717) is 32.0 Å². The van der Waals surface area contributed by atoms with Gasteiger partial charge in [-0.3, -0.25) is 9.59 Å². The molecule has 0 bridgehead atoms. The second-order valence-electron chi connectivity index (χ2n) is 6.96. The first-order valence-corrected chi connectivity index (χ1v) is 8.56. The van der Waals surface area contributed by atoms with Crippen molar-refractivity contribution in [1.29, 1.82) is 0 Å². The Morgan fingerprint density at radius 3 is 2.57 bits per heavy atom. The van der Waals surface area contributed by atoms with Gasteiger partial charge in [-0.15, -0.1) is 0 Å². The molecule has 126 valence electrons. The van der Waals surface area contributed by atoms with Crippen LogP contribution in [0, 0.1) is 18.8 Å². The maximum atomic E-state index is 12.3. The molecule has 2 rings (SSSR count). The van der Waals surface area contributed by atoms with E-state index in [0.717, 1.165) is 18.4 Å². The minimum absolute atomic E-state index is 0.0305. The molecule has 1 saturated heterocycles. The van der Waals surface area contributed by atoms with Gasteiger partial charge >= 0.3 is 0 Å². The zero-order valence-corrected chi connectivity index (χ0v) is 14.5. The Hall–Kier alpha value is -1.84. The summed E-state index contributed by atoms with van der Waals surface area (Å²) in [7, 11) is 0. The smallest absolute Gasteiger partial charge is 0.223 e. The molecule has 0 aromatic heterocycles. The van der Waals surface area contributed by atoms with Gasteiger partial charge in [0.15, 0.2) is 0 Å². The van der Waals surface area contributed by atoms with Crippen LogP contribution >= 0.6 is 0 Å². The van der Waals surface area contributed by atoms with E-state index in [1.807, 2.05) is 17.0 Å². The van der Waals surface area contributed by atoms with Crippen LogP contribution in [0.2, 0.25) is 0 Å². The Kier molecular flexibility index (Phi) is 6.20. The summed E-state index contributed by atoms with van der Waals surface area (Å²) in [6.07, 6.45) is 2.14. The van der Waals surface area contributed by atoms with Crippen molar-refractivity contribution in [1.82, 2.24) is 10.2 Å². The summed E-state index contributed by atoms with van der Waals surface area (Å²) in [5, 5.41) is 3.03. The summed E-state index contributed by atoms with van der Waals surface area (Å²) in [5.74, 6) is 0.752. The minimum atomic E-state index is 0.0305. The van der Waals surface area contributed by atoms with Crippen LogP contribution in [0.1, 0.15) is 44.2 Å². The van der Waals surface area contributed by atoms with Crippen molar-refractivity contribution in [3.63, 3.8) is 0 Å². The number of amides is 2. The molecule has 23 heavy (non-hydrogen) atoms. The molecule has 1 aromatic carbocycles. The van der Waals surface area contributed by atoms with Crippen molar-refractivity contribution in [2.24, 2.45) is 11.8 Å². The first-order valence-electron chi connectivity index (χ1n) is 8.56. The number of hydrogen-bond acceptors (Lipinski definition) is 2. The van der Waals surface area contributed by atoms with Crippen LogP contribution in [0.3, 0.4) is 0 Å². The van der Waals surface area contributed by atoms with Crippen molar-refractivity contribution in [2.75, 3.05) is 13.1 Å². The van der Waals surface area contributed by atoms with E-state index in [4.69, 9.17) is 0 Å². The van der Waals surface area contributed by atoms with Crippen LogP contribution in [-0.2, 0) is 16.1 Å². The van der Waals surface area contributed by atoms with Gasteiger partial charge in [0.1, 0.15) is 0 Å². The lowest BCUT2D eigenvalue weighted by molar-refractivity contribution is -0.136. The molecule has 4 nitrogen and oxygen atoms in total. The zero-order valence-electron chi connectivity index (χ0n) is 14.5. The molecule has 0 atom stereocenters. The predicted molar refractivity (Wildman–Crippen MR) is 91.8 cm³/mol. The summed E-state index contributed by atoms with van der Waals surface area (Å²) in [5.41, 5.74) is 2.33. The van der Waals surface area contributed by atoms with Crippen LogP contribution in [0.15, 0.2) is 24.3 Å². The predicted octanol–water partition coefficient (Wildman–Crippen LogP) is 2.90. The molecule has 0 unspecified atom stereocenters. The van der Waals surface area contributed by atoms with Gasteiger partial charge in [0.05, 0.1) is 0 Å². The van der Waals surface area contributed by atoms with E-state index in [-0.39, 0.29) is 17.7 Å². The van der Waals surface area contributed by atoms with E-state index in [2.05, 4.69) is 38.2 Å². The van der Waals surface area contributed by atoms with E-state index in [9.17, 15) is 9.59 Å². The zero-order chi connectivity index (χ0) is 16.8. The number of hydrogen-bond donors (Lipinski definition) is 1. The van der Waals surface area contributed by atoms with Gasteiger partial charge in [-0.25, -0.2) is 0 Å². The van der Waals surface area contributed by atoms with E-state index >= 15 is 0 Å². The van der Waals surface area contributed by atoms with Gasteiger partial charge in [-0.2, -0.15) is 0 Å². The van der Waals surface area contributed by atoms with E-state index in [1.165, 1.54) is 5.56 Å². The number of aryl methyl sites for hydroxylation is 1. The highest BCUT2D eigenvalue weighted by atomic mass is 16.2. The molecular weight excluding hydrogens is 288 g/mol. The normalized spacial score (nSPS) is 15.7. The molecule has 1 heterocycles. The molecule has 0 spiro atoms. The van der Waals surface area contributed by atoms with Crippen LogP contribution in [0.25, 0.3) is 0 Å². The topological polar surface area (TPSA) is 49.4 Å². The molecule has 0 aliphatic carbocycles. The second kappa shape index (κ2) is 8.14. The second-order valence-corrected chi connectivity index (χ2v) is 6.96. The molecule has 2 amide bonds. The van der Waals surface area contributed by atoms with Crippen LogP contribution in [-0.4, -0.2) is 29.8 Å². The van der Waals surface area contributed by atoms with Crippen molar-refractivity contribution in [3.8, 4) is 0 Å². The Morgan fingerprint density at radius 2 is 1.96 bits per heavy atom. The minimum Gasteiger partial charge on any atom is -0.352 e. The molecule has 1 aliphatic rings. The first kappa shape index (κ1) is 17.5. The molecule has 1 aromatic rings. The Bertz CT molecular complexity index is 546. The molecule has 0 radical (unpaired) electrons. The lowest BCUT2D eigenvalue weighted by Crippen LogP contribution is -2.43. The molecule has 1 fully saturated rings. The number of likely N-dealkylation sites (tertiary alicyclic amines) is 1. The lowest BCUT2D eigenvalue weighted by atomic mass is 9.95. The molecule has 1 N–H and O–H groups in total. The average molecular weight is 316 g/mol. The van der Waals surface area contributed by atoms with E-state index < -0.39 is 0 Å². The highest BCUT2D eigenvalue weighted by molar-refractivity contribution is 5.80. The molecular formula is C19H28N2O2. The molecule has 4 heteroatoms. The Morgan fingerprint density at radius 1 is 1.26 bits per heavy atom. The lowest BCUT2D eigenvalue weighted by Gasteiger charge is -2.31. The first-order chi connectivity index (χ1) is 11.0. The summed E-state index contributed by atoms with van der Waals surface area (Å²) in [6.45, 7) is 8.15. The third-order valence-electron chi connectivity index (χ3n) is 4.35. The standard InChI is InChI=1S/C19H28N2O2/c1-14(2)11-18(22)21-9-7-17(8-10-21)19(23)20-13-16-6-4-5-15(3)12-16/h4-6,12,14,17H,7-11,13H2,1-3H3,(H,20,23). The number of carbonyl (C=O) groups is 2. The van der Waals surface area contributed by atoms with E-state index in [1.54, 1.807) is 0 Å². The quantitative estimate of drug-likeness (QED) is 0.908. The average Bonchev–Trinajstić information content (AvgIpc) is 2.52. The van der Waals surface area contributed by atoms with Gasteiger partial charge in [-0.05, 0) is 31.2 Å². The van der Waals surface area contributed by atoms with Gasteiger partial charge in [0, 0.05) is 32.0 Å². The number of nitrogens with one attached hydrogen (secondary N) is 1. The van der Waals surface area contributed by atoms with Crippen molar-refractivity contribution >= 4 is 11.8 Å². The fourth-order valence-electron chi connectivity index (χ4n) is 3.03. The fraction of sp³-hybridized carbons (Fsp3) is 0.579. The van der Waals surface area contributed by atoms with Gasteiger partial charge in [-0.1, -0.05) is 43.7 Å². The summed E-state index contributed by atoms with van der Waals surface area (Å²) in [4.78, 5) is 26.3. The summed E-state index contributed by atoms with van der Waals surface area (Å²) < 4.78 is 0. The molecule has 1 aliphatic heterocycles. The Labute approximate surface area is 139 Å². The third kappa shape index (κ3) is 5.38. The third-order valence-corrected chi connectivity index (χ3v) is 4.35. The highest BCUT2D eigenvalue weighted by Crippen LogP contribution is 2.19. The highest BCUT2D eigenvalue weighted by Gasteiger charge is 2.27. The molecule has 0 saturated carbocycles. The van der Waals surface area contributed by atoms with Gasteiger partial charge < -0.3 is 10.2 Å². The number of piperidine rings is 1. The SMILES string of the molecule is Cc1cccc(CNC(=O)C2CCN(C(=O)CC(C)C)CC2)c1. The fourth-order valence-corrected chi connectivity index (χ4v) is 3.03. The summed E-state index contributed by atoms with van der Waals surface area (Å²) in [6, 6.07) is 8.18.